The van der Waals surface area contributed by atoms with E-state index in [1.165, 1.54) is 11.1 Å². The number of rotatable bonds is 3. The molecule has 1 saturated heterocycles. The van der Waals surface area contributed by atoms with Crippen LogP contribution >= 0.6 is 0 Å². The molecule has 4 nitrogen and oxygen atoms in total. The normalized spacial score (nSPS) is 20.4. The van der Waals surface area contributed by atoms with Crippen LogP contribution in [0.25, 0.3) is 5.57 Å². The van der Waals surface area contributed by atoms with Crippen molar-refractivity contribution >= 4 is 12.0 Å². The monoisotopic (exact) mass is 319 g/mol. The Bertz CT molecular complexity index is 515. The molecular weight excluding hydrogens is 290 g/mol. The minimum Gasteiger partial charge on any atom is -0.462 e. The van der Waals surface area contributed by atoms with Crippen LogP contribution in [0.5, 0.6) is 0 Å². The third-order valence-electron chi connectivity index (χ3n) is 3.24. The van der Waals surface area contributed by atoms with Crippen LogP contribution in [0.4, 0.5) is 0 Å². The van der Waals surface area contributed by atoms with Gasteiger partial charge in [0.1, 0.15) is 11.3 Å². The largest absolute Gasteiger partial charge is 0.462 e. The maximum atomic E-state index is 9.60. The van der Waals surface area contributed by atoms with Gasteiger partial charge in [-0.25, -0.2) is 0 Å². The molecule has 128 valence electrons. The molecule has 0 saturated carbocycles. The molecule has 4 heteroatoms. The number of carbonyl (C=O) groups is 1. The van der Waals surface area contributed by atoms with Crippen LogP contribution in [0.3, 0.4) is 0 Å². The summed E-state index contributed by atoms with van der Waals surface area (Å²) in [7, 11) is 0. The number of nitrogens with one attached hydrogen (secondary N) is 1. The van der Waals surface area contributed by atoms with Crippen molar-refractivity contribution in [3.8, 4) is 0 Å². The Morgan fingerprint density at radius 3 is 2.30 bits per heavy atom. The van der Waals surface area contributed by atoms with Crippen LogP contribution in [0, 0.1) is 0 Å². The van der Waals surface area contributed by atoms with Crippen molar-refractivity contribution in [1.29, 1.82) is 0 Å². The third-order valence-corrected chi connectivity index (χ3v) is 3.24. The summed E-state index contributed by atoms with van der Waals surface area (Å²) in [6.45, 7) is 12.9. The molecule has 1 fully saturated rings. The summed E-state index contributed by atoms with van der Waals surface area (Å²) in [4.78, 5) is 9.60. The predicted molar refractivity (Wildman–Crippen MR) is 93.9 cm³/mol. The average molecular weight is 319 g/mol. The topological polar surface area (TPSA) is 47.6 Å². The van der Waals surface area contributed by atoms with E-state index < -0.39 is 0 Å². The predicted octanol–water partition coefficient (Wildman–Crippen LogP) is 3.77. The molecule has 1 heterocycles. The fourth-order valence-electron chi connectivity index (χ4n) is 2.16. The Morgan fingerprint density at radius 1 is 1.30 bits per heavy atom. The van der Waals surface area contributed by atoms with Crippen molar-refractivity contribution in [1.82, 2.24) is 5.32 Å². The number of hydrogen-bond acceptors (Lipinski definition) is 4. The van der Waals surface area contributed by atoms with E-state index in [1.807, 2.05) is 26.8 Å². The van der Waals surface area contributed by atoms with Gasteiger partial charge in [-0.05, 0) is 52.7 Å². The number of allylic oxidation sites excluding steroid dienone is 1. The highest BCUT2D eigenvalue weighted by molar-refractivity contribution is 5.64. The van der Waals surface area contributed by atoms with E-state index in [0.29, 0.717) is 12.5 Å². The molecule has 0 amide bonds. The van der Waals surface area contributed by atoms with Gasteiger partial charge in [-0.2, -0.15) is 0 Å². The molecule has 1 aromatic carbocycles. The molecule has 0 aromatic heterocycles. The second-order valence-electron chi connectivity index (χ2n) is 7.11. The van der Waals surface area contributed by atoms with Gasteiger partial charge in [0.05, 0.1) is 12.6 Å². The van der Waals surface area contributed by atoms with Gasteiger partial charge >= 0.3 is 0 Å². The lowest BCUT2D eigenvalue weighted by atomic mass is 10.1. The average Bonchev–Trinajstić information content (AvgIpc) is 2.78. The second kappa shape index (κ2) is 8.27. The van der Waals surface area contributed by atoms with Gasteiger partial charge in [0.2, 0.25) is 0 Å². The zero-order valence-corrected chi connectivity index (χ0v) is 15.1. The summed E-state index contributed by atoms with van der Waals surface area (Å²) in [6, 6.07) is 10.7. The lowest BCUT2D eigenvalue weighted by Gasteiger charge is -2.17. The molecule has 1 unspecified atom stereocenters. The van der Waals surface area contributed by atoms with Crippen molar-refractivity contribution in [3.05, 3.63) is 42.0 Å². The Labute approximate surface area is 139 Å². The summed E-state index contributed by atoms with van der Waals surface area (Å²) >= 11 is 0. The highest BCUT2D eigenvalue weighted by Crippen LogP contribution is 2.19. The van der Waals surface area contributed by atoms with Gasteiger partial charge in [-0.3, -0.25) is 10.1 Å². The van der Waals surface area contributed by atoms with Crippen molar-refractivity contribution < 1.29 is 14.3 Å². The van der Waals surface area contributed by atoms with Gasteiger partial charge in [-0.1, -0.05) is 36.4 Å². The van der Waals surface area contributed by atoms with Crippen LogP contribution < -0.4 is 5.32 Å². The Hall–Kier alpha value is -1.65. The molecule has 1 aliphatic heterocycles. The maximum Gasteiger partial charge on any atom is 0.293 e. The van der Waals surface area contributed by atoms with Gasteiger partial charge in [0.25, 0.3) is 6.47 Å². The van der Waals surface area contributed by atoms with E-state index in [0.717, 1.165) is 6.61 Å². The minimum atomic E-state index is -0.318. The van der Waals surface area contributed by atoms with Gasteiger partial charge < -0.3 is 9.47 Å². The van der Waals surface area contributed by atoms with Gasteiger partial charge in [0.15, 0.2) is 0 Å². The zero-order valence-electron chi connectivity index (χ0n) is 15.1. The molecule has 1 aromatic rings. The summed E-state index contributed by atoms with van der Waals surface area (Å²) in [5.74, 6) is 0. The standard InChI is InChI=1S/C14H19NO.C5H10O2/c1-11(12-7-5-4-6-8-12)9-13-10-16-14(2,3)15-13;1-5(2,3)7-4-6/h4-9,13,15H,10H2,1-3H3;4H,1-3H3/b11-9+;. The van der Waals surface area contributed by atoms with Crippen LogP contribution in [-0.4, -0.2) is 30.4 Å². The van der Waals surface area contributed by atoms with E-state index >= 15 is 0 Å². The molecule has 1 aliphatic rings. The quantitative estimate of drug-likeness (QED) is 0.862. The molecule has 0 aliphatic carbocycles. The van der Waals surface area contributed by atoms with Crippen molar-refractivity contribution in [3.63, 3.8) is 0 Å². The first-order valence-electron chi connectivity index (χ1n) is 7.90. The summed E-state index contributed by atoms with van der Waals surface area (Å²) in [5, 5.41) is 3.43. The minimum absolute atomic E-state index is 0.196. The molecular formula is C19H29NO3. The van der Waals surface area contributed by atoms with E-state index in [-0.39, 0.29) is 11.3 Å². The summed E-state index contributed by atoms with van der Waals surface area (Å²) in [6.07, 6.45) is 2.24. The molecule has 23 heavy (non-hydrogen) atoms. The lowest BCUT2D eigenvalue weighted by molar-refractivity contribution is -0.138. The van der Waals surface area contributed by atoms with Gasteiger partial charge in [0, 0.05) is 0 Å². The van der Waals surface area contributed by atoms with E-state index in [9.17, 15) is 4.79 Å². The molecule has 1 N–H and O–H groups in total. The highest BCUT2D eigenvalue weighted by atomic mass is 16.5. The van der Waals surface area contributed by atoms with E-state index in [2.05, 4.69) is 61.2 Å². The third kappa shape index (κ3) is 7.95. The fraction of sp³-hybridized carbons (Fsp3) is 0.526. The smallest absolute Gasteiger partial charge is 0.293 e. The first-order chi connectivity index (χ1) is 10.6. The molecule has 0 radical (unpaired) electrons. The number of ether oxygens (including phenoxy) is 2. The van der Waals surface area contributed by atoms with E-state index in [1.54, 1.807) is 0 Å². The number of hydrogen-bond donors (Lipinski definition) is 1. The van der Waals surface area contributed by atoms with Crippen LogP contribution in [-0.2, 0) is 14.3 Å². The van der Waals surface area contributed by atoms with Crippen molar-refractivity contribution in [2.24, 2.45) is 0 Å². The molecule has 0 bridgehead atoms. The molecule has 1 atom stereocenters. The maximum absolute atomic E-state index is 9.60. The second-order valence-corrected chi connectivity index (χ2v) is 7.11. The van der Waals surface area contributed by atoms with Crippen LogP contribution in [0.15, 0.2) is 36.4 Å². The summed E-state index contributed by atoms with van der Waals surface area (Å²) < 4.78 is 10.2. The Morgan fingerprint density at radius 2 is 1.91 bits per heavy atom. The Kier molecular flexibility index (Phi) is 6.98. The molecule has 0 spiro atoms. The van der Waals surface area contributed by atoms with Gasteiger partial charge in [-0.15, -0.1) is 0 Å². The fourth-order valence-corrected chi connectivity index (χ4v) is 2.16. The molecule has 2 rings (SSSR count). The first-order valence-corrected chi connectivity index (χ1v) is 7.90. The lowest BCUT2D eigenvalue weighted by Crippen LogP contribution is -2.37. The van der Waals surface area contributed by atoms with Crippen molar-refractivity contribution in [2.45, 2.75) is 58.9 Å². The Balaban J connectivity index is 0.000000322. The first kappa shape index (κ1) is 19.4. The van der Waals surface area contributed by atoms with Crippen molar-refractivity contribution in [2.75, 3.05) is 6.61 Å². The SMILES string of the molecule is C/C(=C\C1COC(C)(C)N1)c1ccccc1.CC(C)(C)OC=O. The number of carbonyl (C=O) groups excluding carboxylic acids is 1. The van der Waals surface area contributed by atoms with E-state index in [4.69, 9.17) is 4.74 Å². The van der Waals surface area contributed by atoms with Crippen LogP contribution in [0.1, 0.15) is 47.1 Å². The highest BCUT2D eigenvalue weighted by Gasteiger charge is 2.29. The zero-order chi connectivity index (χ0) is 17.5. The summed E-state index contributed by atoms with van der Waals surface area (Å²) in [5.41, 5.74) is 2.05. The van der Waals surface area contributed by atoms with Crippen LogP contribution in [0.2, 0.25) is 0 Å². The number of benzene rings is 1.